The van der Waals surface area contributed by atoms with Crippen molar-refractivity contribution >= 4 is 29.8 Å². The molecule has 0 aliphatic rings. The van der Waals surface area contributed by atoms with E-state index in [0.29, 0.717) is 0 Å². The van der Waals surface area contributed by atoms with Gasteiger partial charge in [-0.3, -0.25) is 0 Å². The van der Waals surface area contributed by atoms with E-state index in [4.69, 9.17) is 0 Å². The molecule has 0 rings (SSSR count). The van der Waals surface area contributed by atoms with Crippen LogP contribution in [0.4, 0.5) is 0 Å². The summed E-state index contributed by atoms with van der Waals surface area (Å²) in [7, 11) is 0. The topological polar surface area (TPSA) is 0 Å². The fraction of sp³-hybridized carbons (Fsp3) is 0. The third kappa shape index (κ3) is 9.12. The van der Waals surface area contributed by atoms with E-state index >= 15 is 0 Å². The molecule has 0 saturated carbocycles. The van der Waals surface area contributed by atoms with Crippen LogP contribution in [0, 0.1) is 0 Å². The number of rotatable bonds is 0. The third-order valence-electron chi connectivity index (χ3n) is 0. The van der Waals surface area contributed by atoms with Crippen LogP contribution in [0.5, 0.6) is 0 Å². The first-order valence-electron chi connectivity index (χ1n) is 0. The van der Waals surface area contributed by atoms with Gasteiger partial charge in [0.2, 0.25) is 0 Å². The van der Waals surface area contributed by atoms with E-state index in [2.05, 4.69) is 0 Å². The van der Waals surface area contributed by atoms with Crippen molar-refractivity contribution in [2.24, 2.45) is 0 Å². The quantitative estimate of drug-likeness (QED) is 0.436. The standard InChI is InChI=1S/Al.ClH.Cu.Fe.3H/h;1H;;;;;. The summed E-state index contributed by atoms with van der Waals surface area (Å²) in [4.78, 5) is 0. The molecule has 0 bridgehead atoms. The van der Waals surface area contributed by atoms with Gasteiger partial charge in [0, 0.05) is 34.1 Å². The van der Waals surface area contributed by atoms with Crippen LogP contribution in [0.25, 0.3) is 0 Å². The van der Waals surface area contributed by atoms with Crippen LogP contribution in [-0.2, 0) is 34.1 Å². The second-order valence-corrected chi connectivity index (χ2v) is 0. The van der Waals surface area contributed by atoms with Crippen LogP contribution in [-0.4, -0.2) is 17.4 Å². The SMILES string of the molecule is Cl.[AlH3].[Cu].[Fe]. The molecule has 0 aromatic rings. The van der Waals surface area contributed by atoms with Crippen LogP contribution in [0.2, 0.25) is 0 Å². The molecule has 1 radical (unpaired) electrons. The minimum atomic E-state index is 0. The summed E-state index contributed by atoms with van der Waals surface area (Å²) < 4.78 is 0. The molecular weight excluding hydrogens is 182 g/mol. The summed E-state index contributed by atoms with van der Waals surface area (Å²) in [5.41, 5.74) is 0. The molecule has 0 spiro atoms. The third-order valence-corrected chi connectivity index (χ3v) is 0. The average molecular weight is 186 g/mol. The molecular formula is H4AlClCuFe. The molecule has 0 N–H and O–H groups in total. The molecule has 33 valence electrons. The van der Waals surface area contributed by atoms with Gasteiger partial charge in [-0.25, -0.2) is 0 Å². The predicted octanol–water partition coefficient (Wildman–Crippen LogP) is -0.767. The summed E-state index contributed by atoms with van der Waals surface area (Å²) in [6, 6.07) is 0. The van der Waals surface area contributed by atoms with Gasteiger partial charge in [-0.15, -0.1) is 12.4 Å². The number of halogens is 1. The minimum absolute atomic E-state index is 0. The van der Waals surface area contributed by atoms with Gasteiger partial charge in [-0.1, -0.05) is 0 Å². The molecule has 0 aromatic carbocycles. The zero-order valence-electron chi connectivity index (χ0n) is 1.06. The zero-order chi connectivity index (χ0) is 0. The van der Waals surface area contributed by atoms with E-state index < -0.39 is 0 Å². The first-order chi connectivity index (χ1) is 0. The van der Waals surface area contributed by atoms with Crippen molar-refractivity contribution in [2.45, 2.75) is 0 Å². The Labute approximate surface area is 63.6 Å². The van der Waals surface area contributed by atoms with Gasteiger partial charge in [0.05, 0.1) is 0 Å². The van der Waals surface area contributed by atoms with Gasteiger partial charge in [0.15, 0.2) is 17.4 Å². The van der Waals surface area contributed by atoms with Crippen molar-refractivity contribution in [3.8, 4) is 0 Å². The van der Waals surface area contributed by atoms with E-state index in [1.165, 1.54) is 0 Å². The molecule has 0 unspecified atom stereocenters. The fourth-order valence-electron chi connectivity index (χ4n) is 0. The Morgan fingerprint density at radius 1 is 1.00 bits per heavy atom. The molecule has 0 nitrogen and oxygen atoms in total. The molecule has 0 heterocycles. The van der Waals surface area contributed by atoms with E-state index in [0.717, 1.165) is 0 Å². The molecule has 4 heteroatoms. The van der Waals surface area contributed by atoms with Gasteiger partial charge in [-0.2, -0.15) is 0 Å². The monoisotopic (exact) mass is 185 g/mol. The maximum absolute atomic E-state index is 0. The summed E-state index contributed by atoms with van der Waals surface area (Å²) in [5, 5.41) is 0. The first kappa shape index (κ1) is 40.0. The normalized spacial score (nSPS) is 0. The van der Waals surface area contributed by atoms with Crippen LogP contribution in [0.15, 0.2) is 0 Å². The Kier molecular flexibility index (Phi) is 209. The van der Waals surface area contributed by atoms with Crippen LogP contribution >= 0.6 is 12.4 Å². The fourth-order valence-corrected chi connectivity index (χ4v) is 0. The summed E-state index contributed by atoms with van der Waals surface area (Å²) in [6.07, 6.45) is 0. The Morgan fingerprint density at radius 3 is 1.00 bits per heavy atom. The maximum atomic E-state index is 0. The van der Waals surface area contributed by atoms with E-state index in [9.17, 15) is 0 Å². The van der Waals surface area contributed by atoms with Crippen LogP contribution in [0.3, 0.4) is 0 Å². The van der Waals surface area contributed by atoms with Crippen molar-refractivity contribution in [2.75, 3.05) is 0 Å². The van der Waals surface area contributed by atoms with Crippen LogP contribution < -0.4 is 0 Å². The number of hydrogen-bond donors (Lipinski definition) is 0. The van der Waals surface area contributed by atoms with Gasteiger partial charge < -0.3 is 0 Å². The Morgan fingerprint density at radius 2 is 1.00 bits per heavy atom. The van der Waals surface area contributed by atoms with Crippen molar-refractivity contribution in [3.05, 3.63) is 0 Å². The molecule has 0 atom stereocenters. The van der Waals surface area contributed by atoms with Crippen molar-refractivity contribution in [1.82, 2.24) is 0 Å². The van der Waals surface area contributed by atoms with Gasteiger partial charge in [0.1, 0.15) is 0 Å². The summed E-state index contributed by atoms with van der Waals surface area (Å²) in [6.45, 7) is 0. The average Bonchev–Trinajstić information content (AvgIpc) is 0. The first-order valence-corrected chi connectivity index (χ1v) is 0. The van der Waals surface area contributed by atoms with E-state index in [-0.39, 0.29) is 63.9 Å². The second-order valence-electron chi connectivity index (χ2n) is 0. The predicted molar refractivity (Wildman–Crippen MR) is 17.2 cm³/mol. The Balaban J connectivity index is 0. The molecule has 0 aromatic heterocycles. The summed E-state index contributed by atoms with van der Waals surface area (Å²) in [5.74, 6) is 0. The largest absolute Gasteiger partial charge is 0.187 e. The summed E-state index contributed by atoms with van der Waals surface area (Å²) >= 11 is 0. The molecule has 0 aliphatic carbocycles. The van der Waals surface area contributed by atoms with Gasteiger partial charge in [0.25, 0.3) is 0 Å². The molecule has 0 fully saturated rings. The number of hydrogen-bond acceptors (Lipinski definition) is 0. The smallest absolute Gasteiger partial charge is 0.147 e. The molecule has 4 heavy (non-hydrogen) atoms. The molecule has 0 aliphatic heterocycles. The minimum Gasteiger partial charge on any atom is -0.147 e. The van der Waals surface area contributed by atoms with Crippen molar-refractivity contribution in [1.29, 1.82) is 0 Å². The van der Waals surface area contributed by atoms with Crippen molar-refractivity contribution < 1.29 is 34.1 Å². The van der Waals surface area contributed by atoms with Gasteiger partial charge >= 0.3 is 0 Å². The van der Waals surface area contributed by atoms with Crippen molar-refractivity contribution in [3.63, 3.8) is 0 Å². The van der Waals surface area contributed by atoms with Gasteiger partial charge in [-0.05, 0) is 0 Å². The van der Waals surface area contributed by atoms with E-state index in [1.54, 1.807) is 0 Å². The molecule has 0 amide bonds. The van der Waals surface area contributed by atoms with Crippen LogP contribution in [0.1, 0.15) is 0 Å². The zero-order valence-corrected chi connectivity index (χ0v) is 3.93. The molecule has 0 saturated heterocycles. The van der Waals surface area contributed by atoms with E-state index in [1.807, 2.05) is 0 Å². The maximum Gasteiger partial charge on any atom is 0.187 e. The Bertz CT molecular complexity index is 8.00. The Hall–Kier alpha value is 1.86. The second kappa shape index (κ2) is 20.9.